The molecule has 1 unspecified atom stereocenters. The maximum Gasteiger partial charge on any atom is 0.274 e. The van der Waals surface area contributed by atoms with Gasteiger partial charge in [0.1, 0.15) is 0 Å². The van der Waals surface area contributed by atoms with Gasteiger partial charge in [0.05, 0.1) is 13.2 Å². The molecule has 1 aliphatic heterocycles. The predicted octanol–water partition coefficient (Wildman–Crippen LogP) is 3.18. The van der Waals surface area contributed by atoms with Crippen molar-refractivity contribution in [2.75, 3.05) is 26.3 Å². The van der Waals surface area contributed by atoms with E-state index in [1.165, 1.54) is 49.8 Å². The molecule has 1 saturated carbocycles. The molecule has 0 radical (unpaired) electrons. The molecule has 0 bridgehead atoms. The van der Waals surface area contributed by atoms with E-state index in [0.717, 1.165) is 25.8 Å². The van der Waals surface area contributed by atoms with Gasteiger partial charge in [0.25, 0.3) is 5.91 Å². The maximum absolute atomic E-state index is 13.3. The van der Waals surface area contributed by atoms with E-state index >= 15 is 0 Å². The number of rotatable bonds is 5. The molecule has 4 rings (SSSR count). The fourth-order valence-electron chi connectivity index (χ4n) is 5.19. The SMILES string of the molecule is CC(C)Cn1nc(C(=O)N2CCOCC2)c2c1CCC(NC1CCCCCC1)C2. The molecule has 1 saturated heterocycles. The van der Waals surface area contributed by atoms with Crippen LogP contribution in [0.5, 0.6) is 0 Å². The highest BCUT2D eigenvalue weighted by Gasteiger charge is 2.32. The summed E-state index contributed by atoms with van der Waals surface area (Å²) in [5.41, 5.74) is 3.21. The quantitative estimate of drug-likeness (QED) is 0.769. The Bertz CT molecular complexity index is 685. The Labute approximate surface area is 175 Å². The van der Waals surface area contributed by atoms with Crippen LogP contribution in [0.15, 0.2) is 0 Å². The van der Waals surface area contributed by atoms with E-state index in [9.17, 15) is 4.79 Å². The molecule has 29 heavy (non-hydrogen) atoms. The summed E-state index contributed by atoms with van der Waals surface area (Å²) in [6, 6.07) is 1.12. The Morgan fingerprint density at radius 2 is 1.83 bits per heavy atom. The second-order valence-electron chi connectivity index (χ2n) is 9.55. The normalized spacial score (nSPS) is 23.8. The number of morpholine rings is 1. The van der Waals surface area contributed by atoms with Gasteiger partial charge in [0, 0.05) is 43.0 Å². The second-order valence-corrected chi connectivity index (χ2v) is 9.55. The third-order valence-corrected chi connectivity index (χ3v) is 6.71. The first-order chi connectivity index (χ1) is 14.1. The summed E-state index contributed by atoms with van der Waals surface area (Å²) in [6.07, 6.45) is 11.2. The van der Waals surface area contributed by atoms with Gasteiger partial charge >= 0.3 is 0 Å². The van der Waals surface area contributed by atoms with Crippen molar-refractivity contribution in [1.29, 1.82) is 0 Å². The zero-order valence-corrected chi connectivity index (χ0v) is 18.3. The minimum Gasteiger partial charge on any atom is -0.378 e. The Kier molecular flexibility index (Phi) is 6.91. The van der Waals surface area contributed by atoms with Crippen LogP contribution in [0.1, 0.15) is 80.5 Å². The number of nitrogens with one attached hydrogen (secondary N) is 1. The molecule has 6 heteroatoms. The average Bonchev–Trinajstić information content (AvgIpc) is 2.89. The minimum absolute atomic E-state index is 0.0992. The van der Waals surface area contributed by atoms with Crippen LogP contribution in [0.4, 0.5) is 0 Å². The van der Waals surface area contributed by atoms with Gasteiger partial charge < -0.3 is 15.0 Å². The Hall–Kier alpha value is -1.40. The highest BCUT2D eigenvalue weighted by molar-refractivity contribution is 5.94. The van der Waals surface area contributed by atoms with Crippen molar-refractivity contribution < 1.29 is 9.53 Å². The smallest absolute Gasteiger partial charge is 0.274 e. The van der Waals surface area contributed by atoms with E-state index in [4.69, 9.17) is 9.84 Å². The summed E-state index contributed by atoms with van der Waals surface area (Å²) in [7, 11) is 0. The van der Waals surface area contributed by atoms with Crippen molar-refractivity contribution in [2.45, 2.75) is 90.3 Å². The fraction of sp³-hybridized carbons (Fsp3) is 0.826. The van der Waals surface area contributed by atoms with Gasteiger partial charge in [-0.15, -0.1) is 0 Å². The molecule has 1 atom stereocenters. The van der Waals surface area contributed by atoms with Crippen molar-refractivity contribution in [3.8, 4) is 0 Å². The van der Waals surface area contributed by atoms with Gasteiger partial charge in [-0.1, -0.05) is 39.5 Å². The lowest BCUT2D eigenvalue weighted by atomic mass is 9.90. The first-order valence-corrected chi connectivity index (χ1v) is 11.8. The van der Waals surface area contributed by atoms with Gasteiger partial charge in [-0.25, -0.2) is 0 Å². The number of aromatic nitrogens is 2. The molecular formula is C23H38N4O2. The lowest BCUT2D eigenvalue weighted by molar-refractivity contribution is 0.0297. The van der Waals surface area contributed by atoms with Gasteiger partial charge in [-0.2, -0.15) is 5.10 Å². The van der Waals surface area contributed by atoms with Crippen molar-refractivity contribution in [3.63, 3.8) is 0 Å². The van der Waals surface area contributed by atoms with Crippen LogP contribution in [-0.4, -0.2) is 59.0 Å². The molecule has 2 heterocycles. The van der Waals surface area contributed by atoms with Crippen LogP contribution in [0, 0.1) is 5.92 Å². The van der Waals surface area contributed by atoms with Gasteiger partial charge in [0.15, 0.2) is 5.69 Å². The summed E-state index contributed by atoms with van der Waals surface area (Å²) in [5, 5.41) is 8.81. The zero-order chi connectivity index (χ0) is 20.2. The molecule has 2 aliphatic carbocycles. The number of hydrogen-bond acceptors (Lipinski definition) is 4. The Morgan fingerprint density at radius 3 is 2.52 bits per heavy atom. The molecule has 3 aliphatic rings. The van der Waals surface area contributed by atoms with Crippen LogP contribution in [0.25, 0.3) is 0 Å². The molecule has 1 amide bonds. The van der Waals surface area contributed by atoms with E-state index in [2.05, 4.69) is 23.8 Å². The Balaban J connectivity index is 1.53. The van der Waals surface area contributed by atoms with E-state index in [1.807, 2.05) is 4.90 Å². The highest BCUT2D eigenvalue weighted by Crippen LogP contribution is 2.28. The standard InChI is InChI=1S/C23H38N4O2/c1-17(2)16-27-21-10-9-19(24-18-7-5-3-4-6-8-18)15-20(21)22(25-27)23(28)26-11-13-29-14-12-26/h17-19,24H,3-16H2,1-2H3. The highest BCUT2D eigenvalue weighted by atomic mass is 16.5. The average molecular weight is 403 g/mol. The summed E-state index contributed by atoms with van der Waals surface area (Å²) >= 11 is 0. The monoisotopic (exact) mass is 402 g/mol. The largest absolute Gasteiger partial charge is 0.378 e. The second kappa shape index (κ2) is 9.61. The number of hydrogen-bond donors (Lipinski definition) is 1. The lowest BCUT2D eigenvalue weighted by Gasteiger charge is -2.30. The molecule has 0 aromatic carbocycles. The van der Waals surface area contributed by atoms with Crippen LogP contribution < -0.4 is 5.32 Å². The van der Waals surface area contributed by atoms with Crippen molar-refractivity contribution in [3.05, 3.63) is 17.0 Å². The predicted molar refractivity (Wildman–Crippen MR) is 114 cm³/mol. The maximum atomic E-state index is 13.3. The minimum atomic E-state index is 0.0992. The lowest BCUT2D eigenvalue weighted by Crippen LogP contribution is -2.43. The van der Waals surface area contributed by atoms with E-state index in [1.54, 1.807) is 0 Å². The summed E-state index contributed by atoms with van der Waals surface area (Å²) in [4.78, 5) is 15.2. The zero-order valence-electron chi connectivity index (χ0n) is 18.3. The summed E-state index contributed by atoms with van der Waals surface area (Å²) in [5.74, 6) is 0.620. The van der Waals surface area contributed by atoms with Crippen LogP contribution in [0.3, 0.4) is 0 Å². The first-order valence-electron chi connectivity index (χ1n) is 11.8. The number of fused-ring (bicyclic) bond motifs is 1. The van der Waals surface area contributed by atoms with Crippen molar-refractivity contribution >= 4 is 5.91 Å². The Morgan fingerprint density at radius 1 is 1.10 bits per heavy atom. The molecule has 6 nitrogen and oxygen atoms in total. The van der Waals surface area contributed by atoms with Gasteiger partial charge in [-0.05, 0) is 38.0 Å². The summed E-state index contributed by atoms with van der Waals surface area (Å²) in [6.45, 7) is 7.94. The third-order valence-electron chi connectivity index (χ3n) is 6.71. The number of carbonyl (C=O) groups excluding carboxylic acids is 1. The fourth-order valence-corrected chi connectivity index (χ4v) is 5.19. The van der Waals surface area contributed by atoms with E-state index in [0.29, 0.717) is 50.0 Å². The molecular weight excluding hydrogens is 364 g/mol. The number of nitrogens with zero attached hydrogens (tertiary/aromatic N) is 3. The van der Waals surface area contributed by atoms with Crippen LogP contribution in [0.2, 0.25) is 0 Å². The molecule has 1 N–H and O–H groups in total. The van der Waals surface area contributed by atoms with Crippen LogP contribution >= 0.6 is 0 Å². The molecule has 1 aromatic rings. The number of amides is 1. The van der Waals surface area contributed by atoms with E-state index in [-0.39, 0.29) is 5.91 Å². The first kappa shape index (κ1) is 20.9. The van der Waals surface area contributed by atoms with Gasteiger partial charge in [0.2, 0.25) is 0 Å². The van der Waals surface area contributed by atoms with E-state index < -0.39 is 0 Å². The molecule has 162 valence electrons. The van der Waals surface area contributed by atoms with Gasteiger partial charge in [-0.3, -0.25) is 9.48 Å². The van der Waals surface area contributed by atoms with Crippen molar-refractivity contribution in [1.82, 2.24) is 20.0 Å². The third kappa shape index (κ3) is 5.02. The summed E-state index contributed by atoms with van der Waals surface area (Å²) < 4.78 is 7.57. The topological polar surface area (TPSA) is 59.4 Å². The number of ether oxygens (including phenoxy) is 1. The van der Waals surface area contributed by atoms with Crippen LogP contribution in [-0.2, 0) is 24.1 Å². The molecule has 0 spiro atoms. The number of carbonyl (C=O) groups is 1. The molecule has 2 fully saturated rings. The van der Waals surface area contributed by atoms with Crippen molar-refractivity contribution in [2.24, 2.45) is 5.92 Å². The molecule has 1 aromatic heterocycles.